The summed E-state index contributed by atoms with van der Waals surface area (Å²) in [5, 5.41) is 2.25. The number of urea groups is 1. The van der Waals surface area contributed by atoms with Crippen molar-refractivity contribution in [3.8, 4) is 5.69 Å². The van der Waals surface area contributed by atoms with Crippen LogP contribution in [0.1, 0.15) is 5.69 Å². The second kappa shape index (κ2) is 8.23. The molecule has 2 heterocycles. The normalized spacial score (nSPS) is 15.4. The lowest BCUT2D eigenvalue weighted by molar-refractivity contribution is -0.122. The summed E-state index contributed by atoms with van der Waals surface area (Å²) in [6, 6.07) is 17.4. The average molecular weight is 479 g/mol. The van der Waals surface area contributed by atoms with Crippen LogP contribution >= 0.6 is 15.9 Å². The van der Waals surface area contributed by atoms with Crippen molar-refractivity contribution in [2.24, 2.45) is 0 Å². The Labute approximate surface area is 187 Å². The summed E-state index contributed by atoms with van der Waals surface area (Å²) in [5.41, 5.74) is 2.83. The Bertz CT molecular complexity index is 1190. The molecule has 1 aliphatic heterocycles. The van der Waals surface area contributed by atoms with E-state index in [1.165, 1.54) is 6.08 Å². The Morgan fingerprint density at radius 3 is 2.19 bits per heavy atom. The van der Waals surface area contributed by atoms with E-state index in [9.17, 15) is 14.4 Å². The summed E-state index contributed by atoms with van der Waals surface area (Å²) in [7, 11) is 3.93. The topological polar surface area (TPSA) is 74.7 Å². The van der Waals surface area contributed by atoms with Crippen LogP contribution in [0.3, 0.4) is 0 Å². The fraction of sp³-hybridized carbons (Fsp3) is 0.0870. The van der Waals surface area contributed by atoms with Crippen molar-refractivity contribution in [1.82, 2.24) is 9.88 Å². The van der Waals surface area contributed by atoms with Crippen molar-refractivity contribution >= 4 is 51.2 Å². The van der Waals surface area contributed by atoms with Gasteiger partial charge in [-0.15, -0.1) is 0 Å². The number of aromatic nitrogens is 1. The Kier molecular flexibility index (Phi) is 5.48. The molecule has 2 aromatic carbocycles. The zero-order chi connectivity index (χ0) is 22.1. The standard InChI is InChI=1S/C23H19BrN4O3/c1-26(2)16-9-11-17(12-10-16)27-13-3-4-19(27)14-20-21(29)25-23(31)28(22(20)30)18-7-5-15(24)6-8-18/h3-14H,1-2H3,(H,25,29,31)/b20-14+. The quantitative estimate of drug-likeness (QED) is 0.454. The first kappa shape index (κ1) is 20.6. The van der Waals surface area contributed by atoms with Gasteiger partial charge in [0.25, 0.3) is 11.8 Å². The predicted molar refractivity (Wildman–Crippen MR) is 123 cm³/mol. The molecule has 31 heavy (non-hydrogen) atoms. The van der Waals surface area contributed by atoms with Crippen LogP contribution in [0.25, 0.3) is 11.8 Å². The van der Waals surface area contributed by atoms with Gasteiger partial charge in [-0.2, -0.15) is 0 Å². The van der Waals surface area contributed by atoms with Gasteiger partial charge < -0.3 is 9.47 Å². The Morgan fingerprint density at radius 1 is 0.903 bits per heavy atom. The largest absolute Gasteiger partial charge is 0.378 e. The second-order valence-corrected chi connectivity index (χ2v) is 8.06. The van der Waals surface area contributed by atoms with Crippen LogP contribution in [0.5, 0.6) is 0 Å². The van der Waals surface area contributed by atoms with E-state index in [4.69, 9.17) is 0 Å². The lowest BCUT2D eigenvalue weighted by atomic mass is 10.1. The number of hydrogen-bond acceptors (Lipinski definition) is 4. The molecule has 8 heteroatoms. The minimum absolute atomic E-state index is 0.118. The van der Waals surface area contributed by atoms with Crippen molar-refractivity contribution in [2.45, 2.75) is 0 Å². The molecule has 7 nitrogen and oxygen atoms in total. The number of hydrogen-bond donors (Lipinski definition) is 1. The van der Waals surface area contributed by atoms with E-state index >= 15 is 0 Å². The van der Waals surface area contributed by atoms with E-state index in [-0.39, 0.29) is 5.57 Å². The summed E-state index contributed by atoms with van der Waals surface area (Å²) in [6.45, 7) is 0. The number of carbonyl (C=O) groups is 3. The molecule has 0 bridgehead atoms. The molecule has 0 spiro atoms. The number of rotatable bonds is 4. The molecule has 1 aliphatic rings. The molecule has 0 saturated carbocycles. The summed E-state index contributed by atoms with van der Waals surface area (Å²) in [6.07, 6.45) is 3.34. The molecule has 4 rings (SSSR count). The Hall–Kier alpha value is -3.65. The molecule has 1 N–H and O–H groups in total. The maximum absolute atomic E-state index is 13.1. The fourth-order valence-electron chi connectivity index (χ4n) is 3.29. The third kappa shape index (κ3) is 4.02. The summed E-state index contributed by atoms with van der Waals surface area (Å²) < 4.78 is 2.68. The van der Waals surface area contributed by atoms with Gasteiger partial charge in [0.15, 0.2) is 0 Å². The molecular formula is C23H19BrN4O3. The smallest absolute Gasteiger partial charge is 0.335 e. The zero-order valence-corrected chi connectivity index (χ0v) is 18.5. The number of halogens is 1. The van der Waals surface area contributed by atoms with Crippen LogP contribution in [-0.2, 0) is 9.59 Å². The molecule has 0 radical (unpaired) electrons. The van der Waals surface area contributed by atoms with Gasteiger partial charge in [0.1, 0.15) is 5.57 Å². The monoisotopic (exact) mass is 478 g/mol. The average Bonchev–Trinajstić information content (AvgIpc) is 3.20. The molecule has 1 aromatic heterocycles. The van der Waals surface area contributed by atoms with Gasteiger partial charge in [-0.25, -0.2) is 9.69 Å². The van der Waals surface area contributed by atoms with Gasteiger partial charge in [0.05, 0.1) is 5.69 Å². The molecule has 1 saturated heterocycles. The number of barbiturate groups is 1. The molecule has 3 aromatic rings. The highest BCUT2D eigenvalue weighted by atomic mass is 79.9. The number of carbonyl (C=O) groups excluding carboxylic acids is 3. The summed E-state index contributed by atoms with van der Waals surface area (Å²) in [4.78, 5) is 40.9. The van der Waals surface area contributed by atoms with Crippen LogP contribution in [0, 0.1) is 0 Å². The number of imide groups is 2. The second-order valence-electron chi connectivity index (χ2n) is 7.15. The Morgan fingerprint density at radius 2 is 1.55 bits per heavy atom. The lowest BCUT2D eigenvalue weighted by Crippen LogP contribution is -2.54. The highest BCUT2D eigenvalue weighted by molar-refractivity contribution is 9.10. The number of anilines is 2. The highest BCUT2D eigenvalue weighted by Crippen LogP contribution is 2.25. The zero-order valence-electron chi connectivity index (χ0n) is 16.9. The van der Waals surface area contributed by atoms with E-state index in [1.54, 1.807) is 30.3 Å². The van der Waals surface area contributed by atoms with Gasteiger partial charge in [-0.1, -0.05) is 15.9 Å². The van der Waals surface area contributed by atoms with Gasteiger partial charge in [-0.05, 0) is 66.7 Å². The van der Waals surface area contributed by atoms with Crippen molar-refractivity contribution in [3.05, 3.63) is 82.6 Å². The summed E-state index contributed by atoms with van der Waals surface area (Å²) >= 11 is 3.33. The van der Waals surface area contributed by atoms with Gasteiger partial charge in [0, 0.05) is 41.8 Å². The summed E-state index contributed by atoms with van der Waals surface area (Å²) in [5.74, 6) is -1.40. The van der Waals surface area contributed by atoms with Crippen molar-refractivity contribution < 1.29 is 14.4 Å². The molecule has 0 unspecified atom stereocenters. The SMILES string of the molecule is CN(C)c1ccc(-n2cccc2/C=C2\C(=O)NC(=O)N(c3ccc(Br)cc3)C2=O)cc1. The lowest BCUT2D eigenvalue weighted by Gasteiger charge is -2.26. The molecular weight excluding hydrogens is 460 g/mol. The third-order valence-electron chi connectivity index (χ3n) is 4.90. The van der Waals surface area contributed by atoms with Crippen LogP contribution < -0.4 is 15.1 Å². The maximum atomic E-state index is 13.1. The van der Waals surface area contributed by atoms with Crippen molar-refractivity contribution in [3.63, 3.8) is 0 Å². The molecule has 0 aliphatic carbocycles. The number of nitrogens with zero attached hydrogens (tertiary/aromatic N) is 3. The fourth-order valence-corrected chi connectivity index (χ4v) is 3.55. The first-order chi connectivity index (χ1) is 14.8. The van der Waals surface area contributed by atoms with Crippen LogP contribution in [-0.4, -0.2) is 36.5 Å². The van der Waals surface area contributed by atoms with E-state index in [0.29, 0.717) is 11.4 Å². The highest BCUT2D eigenvalue weighted by Gasteiger charge is 2.37. The van der Waals surface area contributed by atoms with Crippen LogP contribution in [0.4, 0.5) is 16.2 Å². The number of benzene rings is 2. The Balaban J connectivity index is 1.70. The predicted octanol–water partition coefficient (Wildman–Crippen LogP) is 3.97. The molecule has 4 amide bonds. The number of nitrogens with one attached hydrogen (secondary N) is 1. The van der Waals surface area contributed by atoms with E-state index in [2.05, 4.69) is 21.2 Å². The van der Waals surface area contributed by atoms with E-state index in [0.717, 1.165) is 20.7 Å². The van der Waals surface area contributed by atoms with E-state index < -0.39 is 17.8 Å². The maximum Gasteiger partial charge on any atom is 0.335 e. The third-order valence-corrected chi connectivity index (χ3v) is 5.43. The van der Waals surface area contributed by atoms with Gasteiger partial charge >= 0.3 is 6.03 Å². The van der Waals surface area contributed by atoms with Crippen LogP contribution in [0.2, 0.25) is 0 Å². The van der Waals surface area contributed by atoms with E-state index in [1.807, 2.05) is 60.1 Å². The van der Waals surface area contributed by atoms with Gasteiger partial charge in [0.2, 0.25) is 0 Å². The first-order valence-electron chi connectivity index (χ1n) is 9.47. The first-order valence-corrected chi connectivity index (χ1v) is 10.3. The molecule has 156 valence electrons. The van der Waals surface area contributed by atoms with Crippen molar-refractivity contribution in [1.29, 1.82) is 0 Å². The minimum atomic E-state index is -0.774. The minimum Gasteiger partial charge on any atom is -0.378 e. The van der Waals surface area contributed by atoms with Crippen LogP contribution in [0.15, 0.2) is 76.9 Å². The number of amides is 4. The van der Waals surface area contributed by atoms with Crippen molar-refractivity contribution in [2.75, 3.05) is 23.9 Å². The van der Waals surface area contributed by atoms with Gasteiger partial charge in [-0.3, -0.25) is 14.9 Å². The molecule has 0 atom stereocenters. The molecule has 1 fully saturated rings.